The van der Waals surface area contributed by atoms with Crippen LogP contribution >= 0.6 is 0 Å². The largest absolute Gasteiger partial charge is 0.480 e. The van der Waals surface area contributed by atoms with Crippen LogP contribution in [0.2, 0.25) is 0 Å². The van der Waals surface area contributed by atoms with Gasteiger partial charge in [0, 0.05) is 0 Å². The van der Waals surface area contributed by atoms with Crippen LogP contribution in [-0.4, -0.2) is 60.8 Å². The molecule has 7 nitrogen and oxygen atoms in total. The number of carboxylic acids is 2. The minimum Gasteiger partial charge on any atom is -0.480 e. The van der Waals surface area contributed by atoms with Crippen molar-refractivity contribution in [2.45, 2.75) is 25.0 Å². The van der Waals surface area contributed by atoms with Gasteiger partial charge < -0.3 is 24.4 Å². The molecule has 98 valence electrons. The normalized spacial score (nSPS) is 24.5. The Kier molecular flexibility index (Phi) is 5.88. The van der Waals surface area contributed by atoms with Gasteiger partial charge in [-0.3, -0.25) is 0 Å². The van der Waals surface area contributed by atoms with Crippen molar-refractivity contribution in [1.82, 2.24) is 0 Å². The summed E-state index contributed by atoms with van der Waals surface area (Å²) in [6.07, 6.45) is 1.01. The molecule has 1 saturated heterocycles. The first-order valence-electron chi connectivity index (χ1n) is 5.32. The molecule has 0 aliphatic carbocycles. The zero-order valence-corrected chi connectivity index (χ0v) is 9.33. The molecule has 0 amide bonds. The molecule has 0 aromatic rings. The molecule has 2 atom stereocenters. The van der Waals surface area contributed by atoms with Crippen LogP contribution in [0.4, 0.5) is 0 Å². The van der Waals surface area contributed by atoms with E-state index in [0.29, 0.717) is 19.4 Å². The van der Waals surface area contributed by atoms with Gasteiger partial charge in [0.1, 0.15) is 13.2 Å². The molecular weight excluding hydrogens is 232 g/mol. The average Bonchev–Trinajstić information content (AvgIpc) is 2.27. The van der Waals surface area contributed by atoms with E-state index in [1.54, 1.807) is 0 Å². The molecule has 0 bridgehead atoms. The predicted octanol–water partition coefficient (Wildman–Crippen LogP) is -0.264. The first kappa shape index (κ1) is 13.9. The molecule has 0 saturated carbocycles. The van der Waals surface area contributed by atoms with Crippen molar-refractivity contribution >= 4 is 11.9 Å². The molecule has 1 heterocycles. The molecule has 0 radical (unpaired) electrons. The Balaban J connectivity index is 2.08. The fourth-order valence-corrected chi connectivity index (χ4v) is 1.51. The molecular formula is C10H16O7. The van der Waals surface area contributed by atoms with Crippen molar-refractivity contribution in [2.75, 3.05) is 26.4 Å². The molecule has 1 fully saturated rings. The lowest BCUT2D eigenvalue weighted by Gasteiger charge is -2.28. The lowest BCUT2D eigenvalue weighted by Crippen LogP contribution is -2.35. The van der Waals surface area contributed by atoms with Crippen LogP contribution in [0.25, 0.3) is 0 Å². The molecule has 0 aromatic heterocycles. The SMILES string of the molecule is O=C(O)COC[C@@H]1CC[C@@H](OCC(=O)O)CO1. The monoisotopic (exact) mass is 248 g/mol. The summed E-state index contributed by atoms with van der Waals surface area (Å²) in [5.74, 6) is -2.01. The summed E-state index contributed by atoms with van der Waals surface area (Å²) in [4.78, 5) is 20.5. The van der Waals surface area contributed by atoms with Gasteiger partial charge in [-0.1, -0.05) is 0 Å². The fraction of sp³-hybridized carbons (Fsp3) is 0.800. The van der Waals surface area contributed by atoms with E-state index in [-0.39, 0.29) is 32.0 Å². The second-order valence-corrected chi connectivity index (χ2v) is 3.77. The average molecular weight is 248 g/mol. The second kappa shape index (κ2) is 7.21. The van der Waals surface area contributed by atoms with E-state index in [0.717, 1.165) is 0 Å². The molecule has 7 heteroatoms. The summed E-state index contributed by atoms with van der Waals surface area (Å²) in [6.45, 7) is -0.112. The van der Waals surface area contributed by atoms with Gasteiger partial charge >= 0.3 is 11.9 Å². The summed E-state index contributed by atoms with van der Waals surface area (Å²) in [7, 11) is 0. The third-order valence-electron chi connectivity index (χ3n) is 2.30. The minimum absolute atomic E-state index is 0.140. The lowest BCUT2D eigenvalue weighted by molar-refractivity contribution is -0.152. The quantitative estimate of drug-likeness (QED) is 0.639. The van der Waals surface area contributed by atoms with Crippen LogP contribution in [0.15, 0.2) is 0 Å². The maximum atomic E-state index is 10.3. The highest BCUT2D eigenvalue weighted by Gasteiger charge is 2.23. The number of carboxylic acid groups (broad SMARTS) is 2. The highest BCUT2D eigenvalue weighted by atomic mass is 16.6. The maximum absolute atomic E-state index is 10.3. The Morgan fingerprint density at radius 2 is 1.88 bits per heavy atom. The summed E-state index contributed by atoms with van der Waals surface area (Å²) < 4.78 is 15.4. The molecule has 2 N–H and O–H groups in total. The maximum Gasteiger partial charge on any atom is 0.329 e. The van der Waals surface area contributed by atoms with E-state index in [4.69, 9.17) is 24.4 Å². The Bertz CT molecular complexity index is 257. The van der Waals surface area contributed by atoms with Crippen LogP contribution in [0.1, 0.15) is 12.8 Å². The molecule has 0 aromatic carbocycles. The van der Waals surface area contributed by atoms with Crippen molar-refractivity contribution in [3.8, 4) is 0 Å². The Labute approximate surface area is 98.3 Å². The number of ether oxygens (including phenoxy) is 3. The summed E-state index contributed by atoms with van der Waals surface area (Å²) in [5, 5.41) is 16.8. The van der Waals surface area contributed by atoms with Gasteiger partial charge in [-0.25, -0.2) is 9.59 Å². The summed E-state index contributed by atoms with van der Waals surface area (Å²) in [5.41, 5.74) is 0. The van der Waals surface area contributed by atoms with Gasteiger partial charge in [-0.05, 0) is 12.8 Å². The zero-order valence-electron chi connectivity index (χ0n) is 9.33. The van der Waals surface area contributed by atoms with Gasteiger partial charge in [0.05, 0.1) is 25.4 Å². The number of rotatable bonds is 7. The van der Waals surface area contributed by atoms with E-state index >= 15 is 0 Å². The summed E-state index contributed by atoms with van der Waals surface area (Å²) >= 11 is 0. The van der Waals surface area contributed by atoms with Gasteiger partial charge in [-0.15, -0.1) is 0 Å². The van der Waals surface area contributed by atoms with Gasteiger partial charge in [0.15, 0.2) is 0 Å². The van der Waals surface area contributed by atoms with Gasteiger partial charge in [0.2, 0.25) is 0 Å². The second-order valence-electron chi connectivity index (χ2n) is 3.77. The van der Waals surface area contributed by atoms with E-state index in [2.05, 4.69) is 0 Å². The van der Waals surface area contributed by atoms with Gasteiger partial charge in [0.25, 0.3) is 0 Å². The van der Waals surface area contributed by atoms with E-state index in [1.165, 1.54) is 0 Å². The predicted molar refractivity (Wildman–Crippen MR) is 54.8 cm³/mol. The Morgan fingerprint density at radius 3 is 2.41 bits per heavy atom. The third-order valence-corrected chi connectivity index (χ3v) is 2.30. The molecule has 1 aliphatic heterocycles. The molecule has 1 aliphatic rings. The highest BCUT2D eigenvalue weighted by molar-refractivity contribution is 5.68. The first-order chi connectivity index (χ1) is 8.08. The smallest absolute Gasteiger partial charge is 0.329 e. The van der Waals surface area contributed by atoms with Gasteiger partial charge in [-0.2, -0.15) is 0 Å². The number of carbonyl (C=O) groups is 2. The molecule has 1 rings (SSSR count). The van der Waals surface area contributed by atoms with Crippen molar-refractivity contribution in [3.05, 3.63) is 0 Å². The standard InChI is InChI=1S/C10H16O7/c11-9(12)5-15-3-7-1-2-8(4-16-7)17-6-10(13)14/h7-8H,1-6H2,(H,11,12)(H,13,14)/t7-,8+/m0/s1. The number of aliphatic carboxylic acids is 2. The Morgan fingerprint density at radius 1 is 1.18 bits per heavy atom. The zero-order chi connectivity index (χ0) is 12.7. The number of hydrogen-bond acceptors (Lipinski definition) is 5. The van der Waals surface area contributed by atoms with Crippen LogP contribution < -0.4 is 0 Å². The van der Waals surface area contributed by atoms with Crippen molar-refractivity contribution < 1.29 is 34.0 Å². The molecule has 17 heavy (non-hydrogen) atoms. The third kappa shape index (κ3) is 6.20. The van der Waals surface area contributed by atoms with Crippen LogP contribution in [0, 0.1) is 0 Å². The minimum atomic E-state index is -1.01. The van der Waals surface area contributed by atoms with Crippen molar-refractivity contribution in [1.29, 1.82) is 0 Å². The van der Waals surface area contributed by atoms with E-state index < -0.39 is 11.9 Å². The Hall–Kier alpha value is -1.18. The highest BCUT2D eigenvalue weighted by Crippen LogP contribution is 2.16. The summed E-state index contributed by atoms with van der Waals surface area (Å²) in [6, 6.07) is 0. The van der Waals surface area contributed by atoms with Crippen LogP contribution in [0.3, 0.4) is 0 Å². The van der Waals surface area contributed by atoms with Crippen LogP contribution in [-0.2, 0) is 23.8 Å². The van der Waals surface area contributed by atoms with E-state index in [1.807, 2.05) is 0 Å². The lowest BCUT2D eigenvalue weighted by atomic mass is 10.1. The topological polar surface area (TPSA) is 102 Å². The van der Waals surface area contributed by atoms with Crippen LogP contribution in [0.5, 0.6) is 0 Å². The van der Waals surface area contributed by atoms with Crippen molar-refractivity contribution in [3.63, 3.8) is 0 Å². The molecule has 0 unspecified atom stereocenters. The van der Waals surface area contributed by atoms with E-state index in [9.17, 15) is 9.59 Å². The first-order valence-corrected chi connectivity index (χ1v) is 5.32. The van der Waals surface area contributed by atoms with Crippen molar-refractivity contribution in [2.24, 2.45) is 0 Å². The number of hydrogen-bond donors (Lipinski definition) is 2. The fourth-order valence-electron chi connectivity index (χ4n) is 1.51. The molecule has 0 spiro atoms.